The van der Waals surface area contributed by atoms with Gasteiger partial charge in [0.1, 0.15) is 29.3 Å². The Bertz CT molecular complexity index is 3200. The van der Waals surface area contributed by atoms with Crippen molar-refractivity contribution in [3.8, 4) is 22.3 Å². The van der Waals surface area contributed by atoms with E-state index in [1.54, 1.807) is 0 Å². The molecule has 0 fully saturated rings. The summed E-state index contributed by atoms with van der Waals surface area (Å²) >= 11 is 0. The Kier molecular flexibility index (Phi) is 7.92. The molecule has 0 saturated carbocycles. The number of aliphatic imine (C=N–C) groups is 1. The van der Waals surface area contributed by atoms with Crippen LogP contribution in [0.15, 0.2) is 179 Å². The summed E-state index contributed by atoms with van der Waals surface area (Å²) in [5, 5.41) is 10.2. The second kappa shape index (κ2) is 13.4. The van der Waals surface area contributed by atoms with E-state index < -0.39 is 0 Å². The number of nitrogens with one attached hydrogen (secondary N) is 2. The topological polar surface area (TPSA) is 49.6 Å². The smallest absolute Gasteiger partial charge is 0.135 e. The van der Waals surface area contributed by atoms with E-state index in [0.29, 0.717) is 5.92 Å². The van der Waals surface area contributed by atoms with Crippen LogP contribution in [0.3, 0.4) is 0 Å². The first kappa shape index (κ1) is 36.1. The molecule has 1 aliphatic heterocycles. The Morgan fingerprint density at radius 3 is 2.18 bits per heavy atom. The Balaban J connectivity index is 1.07. The number of furan rings is 1. The lowest BCUT2D eigenvalue weighted by molar-refractivity contribution is 0.408. The molecular weight excluding hydrogens is 743 g/mol. The van der Waals surface area contributed by atoms with Crippen LogP contribution < -0.4 is 10.6 Å². The number of nitrogens with zero attached hydrogens (tertiary/aromatic N) is 1. The number of rotatable bonds is 5. The maximum atomic E-state index is 6.43. The predicted molar refractivity (Wildman–Crippen MR) is 251 cm³/mol. The van der Waals surface area contributed by atoms with Gasteiger partial charge in [-0.2, -0.15) is 0 Å². The van der Waals surface area contributed by atoms with Crippen LogP contribution in [0, 0.1) is 5.92 Å². The van der Waals surface area contributed by atoms with Crippen molar-refractivity contribution in [3.63, 3.8) is 0 Å². The van der Waals surface area contributed by atoms with E-state index in [-0.39, 0.29) is 23.2 Å². The standard InChI is InChI=1S/C57H47N3O/c1-56(2)45-23-11-8-19-42(45)51-37(21-14-25-47(51)56)35-28-30-38(41-22-15-26-48-52(41)43-20-9-12-24-46(43)57(48,3)4)44(32-35)55-59-53(34-16-6-5-7-17-34)58-54(60-55)36-29-31-40-39-18-10-13-27-49(39)61-50(40)33-36/h5-25,27-33,48,54-55,60H,26H2,1-4H3,(H,58,59). The van der Waals surface area contributed by atoms with Crippen molar-refractivity contribution in [1.29, 1.82) is 0 Å². The van der Waals surface area contributed by atoms with Crippen molar-refractivity contribution in [2.75, 3.05) is 0 Å². The van der Waals surface area contributed by atoms with Crippen LogP contribution in [0.1, 0.15) is 91.0 Å². The van der Waals surface area contributed by atoms with Crippen molar-refractivity contribution in [1.82, 2.24) is 10.6 Å². The number of hydrogen-bond donors (Lipinski definition) is 2. The molecule has 3 aliphatic carbocycles. The van der Waals surface area contributed by atoms with Gasteiger partial charge in [0.05, 0.1) is 0 Å². The van der Waals surface area contributed by atoms with E-state index >= 15 is 0 Å². The molecule has 7 aromatic carbocycles. The number of benzene rings is 7. The lowest BCUT2D eigenvalue weighted by Gasteiger charge is -2.35. The third-order valence-electron chi connectivity index (χ3n) is 14.3. The molecule has 0 radical (unpaired) electrons. The van der Waals surface area contributed by atoms with E-state index in [1.165, 1.54) is 66.8 Å². The number of hydrogen-bond acceptors (Lipinski definition) is 4. The van der Waals surface area contributed by atoms with Crippen molar-refractivity contribution >= 4 is 38.9 Å². The molecule has 4 aliphatic rings. The fourth-order valence-corrected chi connectivity index (χ4v) is 11.2. The highest BCUT2D eigenvalue weighted by atomic mass is 16.3. The highest BCUT2D eigenvalue weighted by molar-refractivity contribution is 6.06. The molecule has 12 rings (SSSR count). The molecule has 3 atom stereocenters. The minimum atomic E-state index is -0.345. The fraction of sp³-hybridized carbons (Fsp3) is 0.175. The molecule has 4 nitrogen and oxygen atoms in total. The molecule has 1 aromatic heterocycles. The lowest BCUT2D eigenvalue weighted by Crippen LogP contribution is -2.45. The number of fused-ring (bicyclic) bond motifs is 9. The minimum Gasteiger partial charge on any atom is -0.456 e. The van der Waals surface area contributed by atoms with Crippen LogP contribution in [0.2, 0.25) is 0 Å². The van der Waals surface area contributed by atoms with Crippen molar-refractivity contribution in [3.05, 3.63) is 214 Å². The molecule has 2 N–H and O–H groups in total. The highest BCUT2D eigenvalue weighted by Gasteiger charge is 2.45. The lowest BCUT2D eigenvalue weighted by atomic mass is 9.72. The van der Waals surface area contributed by atoms with Gasteiger partial charge < -0.3 is 9.73 Å². The molecule has 0 bridgehead atoms. The molecule has 61 heavy (non-hydrogen) atoms. The summed E-state index contributed by atoms with van der Waals surface area (Å²) in [6.45, 7) is 9.57. The van der Waals surface area contributed by atoms with Gasteiger partial charge in [-0.1, -0.05) is 179 Å². The second-order valence-corrected chi connectivity index (χ2v) is 18.3. The fourth-order valence-electron chi connectivity index (χ4n) is 11.2. The molecule has 2 heterocycles. The van der Waals surface area contributed by atoms with Gasteiger partial charge in [-0.05, 0) is 108 Å². The van der Waals surface area contributed by atoms with E-state index in [1.807, 2.05) is 12.1 Å². The first-order valence-electron chi connectivity index (χ1n) is 21.7. The maximum absolute atomic E-state index is 6.43. The first-order chi connectivity index (χ1) is 29.8. The number of para-hydroxylation sites is 1. The summed E-state index contributed by atoms with van der Waals surface area (Å²) in [7, 11) is 0. The number of amidine groups is 1. The average Bonchev–Trinajstić information content (AvgIpc) is 3.88. The van der Waals surface area contributed by atoms with E-state index in [2.05, 4.69) is 196 Å². The Labute approximate surface area is 357 Å². The normalized spacial score (nSPS) is 20.5. The molecule has 0 amide bonds. The van der Waals surface area contributed by atoms with Crippen LogP contribution >= 0.6 is 0 Å². The van der Waals surface area contributed by atoms with Gasteiger partial charge in [-0.25, -0.2) is 4.99 Å². The molecule has 296 valence electrons. The third-order valence-corrected chi connectivity index (χ3v) is 14.3. The van der Waals surface area contributed by atoms with Crippen LogP contribution in [0.5, 0.6) is 0 Å². The monoisotopic (exact) mass is 789 g/mol. The van der Waals surface area contributed by atoms with Gasteiger partial charge in [-0.3, -0.25) is 5.32 Å². The van der Waals surface area contributed by atoms with Crippen molar-refractivity contribution in [2.24, 2.45) is 10.9 Å². The molecule has 3 unspecified atom stereocenters. The van der Waals surface area contributed by atoms with Crippen LogP contribution in [-0.4, -0.2) is 5.84 Å². The Morgan fingerprint density at radius 1 is 0.590 bits per heavy atom. The zero-order valence-electron chi connectivity index (χ0n) is 35.0. The second-order valence-electron chi connectivity index (χ2n) is 18.3. The molecular formula is C57H47N3O. The van der Waals surface area contributed by atoms with Gasteiger partial charge in [0.25, 0.3) is 0 Å². The summed E-state index contributed by atoms with van der Waals surface area (Å²) < 4.78 is 6.43. The summed E-state index contributed by atoms with van der Waals surface area (Å²) in [6.07, 6.45) is 5.19. The van der Waals surface area contributed by atoms with Crippen LogP contribution in [0.4, 0.5) is 0 Å². The summed E-state index contributed by atoms with van der Waals surface area (Å²) in [4.78, 5) is 5.40. The minimum absolute atomic E-state index is 0.0156. The molecule has 0 spiro atoms. The van der Waals surface area contributed by atoms with Gasteiger partial charge in [0, 0.05) is 21.8 Å². The number of allylic oxidation sites excluding steroid dienone is 4. The van der Waals surface area contributed by atoms with Crippen molar-refractivity contribution in [2.45, 2.75) is 57.3 Å². The van der Waals surface area contributed by atoms with E-state index in [9.17, 15) is 0 Å². The summed E-state index contributed by atoms with van der Waals surface area (Å²) in [5.74, 6) is 1.24. The van der Waals surface area contributed by atoms with E-state index in [0.717, 1.165) is 45.3 Å². The van der Waals surface area contributed by atoms with Gasteiger partial charge in [0.15, 0.2) is 0 Å². The molecule has 4 heteroatoms. The molecule has 0 saturated heterocycles. The van der Waals surface area contributed by atoms with E-state index in [4.69, 9.17) is 9.41 Å². The summed E-state index contributed by atoms with van der Waals surface area (Å²) in [5.41, 5.74) is 19.6. The van der Waals surface area contributed by atoms with Gasteiger partial charge in [-0.15, -0.1) is 0 Å². The van der Waals surface area contributed by atoms with Gasteiger partial charge in [0.2, 0.25) is 0 Å². The molecule has 8 aromatic rings. The Morgan fingerprint density at radius 2 is 1.31 bits per heavy atom. The van der Waals surface area contributed by atoms with Crippen LogP contribution in [-0.2, 0) is 10.8 Å². The average molecular weight is 790 g/mol. The largest absolute Gasteiger partial charge is 0.456 e. The maximum Gasteiger partial charge on any atom is 0.135 e. The SMILES string of the molecule is CC1(C)c2ccccc2-c2c(-c3ccc(C4=C5c6ccccc6C(C)(C)C5CC=C4)c(C4NC(c5ccccc5)=NC(c5ccc6c(c5)oc5ccccc56)N4)c3)cccc21. The Hall–Kier alpha value is -6.75. The zero-order chi connectivity index (χ0) is 41.0. The highest BCUT2D eigenvalue weighted by Crippen LogP contribution is 2.57. The first-order valence-corrected chi connectivity index (χ1v) is 21.7. The summed E-state index contributed by atoms with van der Waals surface area (Å²) in [6, 6.07) is 57.5. The van der Waals surface area contributed by atoms with Crippen molar-refractivity contribution < 1.29 is 4.42 Å². The van der Waals surface area contributed by atoms with Crippen LogP contribution in [0.25, 0.3) is 55.3 Å². The van der Waals surface area contributed by atoms with Gasteiger partial charge >= 0.3 is 0 Å². The quantitative estimate of drug-likeness (QED) is 0.183. The third kappa shape index (κ3) is 5.45. The zero-order valence-corrected chi connectivity index (χ0v) is 35.0. The predicted octanol–water partition coefficient (Wildman–Crippen LogP) is 13.7.